The first-order valence-corrected chi connectivity index (χ1v) is 16.1. The molecule has 8 heteroatoms. The van der Waals surface area contributed by atoms with E-state index in [-0.39, 0.29) is 6.09 Å². The largest absolute Gasteiger partial charge is 0.444 e. The van der Waals surface area contributed by atoms with E-state index in [0.717, 1.165) is 78.9 Å². The van der Waals surface area contributed by atoms with Gasteiger partial charge in [-0.25, -0.2) is 4.79 Å². The molecule has 6 nitrogen and oxygen atoms in total. The third kappa shape index (κ3) is 11.2. The second-order valence-electron chi connectivity index (χ2n) is 11.8. The lowest BCUT2D eigenvalue weighted by atomic mass is 10.2. The van der Waals surface area contributed by atoms with Gasteiger partial charge in [-0.05, 0) is 94.1 Å². The minimum Gasteiger partial charge on any atom is -0.444 e. The van der Waals surface area contributed by atoms with E-state index in [4.69, 9.17) is 9.72 Å². The second-order valence-corrected chi connectivity index (χ2v) is 13.7. The maximum atomic E-state index is 13.1. The number of benzene rings is 2. The molecule has 0 saturated heterocycles. The molecule has 0 aliphatic carbocycles. The van der Waals surface area contributed by atoms with Gasteiger partial charge in [-0.15, -0.1) is 0 Å². The number of nitrogens with zero attached hydrogens (tertiary/aromatic N) is 4. The molecular formula is C33H42Br2N4O2. The summed E-state index contributed by atoms with van der Waals surface area (Å²) in [6.07, 6.45) is 2.55. The normalized spacial score (nSPS) is 16.6. The summed E-state index contributed by atoms with van der Waals surface area (Å²) in [4.78, 5) is 25.0. The van der Waals surface area contributed by atoms with Crippen molar-refractivity contribution in [2.45, 2.75) is 71.8 Å². The number of rotatable bonds is 4. The van der Waals surface area contributed by atoms with E-state index in [9.17, 15) is 4.79 Å². The van der Waals surface area contributed by atoms with E-state index in [0.29, 0.717) is 13.1 Å². The summed E-state index contributed by atoms with van der Waals surface area (Å²) in [5.41, 5.74) is 4.16. The summed E-state index contributed by atoms with van der Waals surface area (Å²) in [6, 6.07) is 23.4. The average Bonchev–Trinajstić information content (AvgIpc) is 2.89. The molecule has 1 aliphatic heterocycles. The summed E-state index contributed by atoms with van der Waals surface area (Å²) >= 11 is 7.24. The number of amides is 1. The third-order valence-electron chi connectivity index (χ3n) is 6.93. The van der Waals surface area contributed by atoms with Crippen LogP contribution in [-0.4, -0.2) is 57.6 Å². The Morgan fingerprint density at radius 3 is 1.78 bits per heavy atom. The van der Waals surface area contributed by atoms with E-state index in [1.165, 1.54) is 11.1 Å². The molecule has 0 atom stereocenters. The first-order valence-electron chi connectivity index (χ1n) is 14.5. The van der Waals surface area contributed by atoms with Gasteiger partial charge in [0, 0.05) is 54.8 Å². The number of hydrogen-bond donors (Lipinski definition) is 0. The lowest BCUT2D eigenvalue weighted by molar-refractivity contribution is 0.0237. The molecule has 41 heavy (non-hydrogen) atoms. The Morgan fingerprint density at radius 2 is 1.24 bits per heavy atom. The fourth-order valence-electron chi connectivity index (χ4n) is 5.12. The Bertz CT molecular complexity index is 1280. The molecule has 0 saturated carbocycles. The van der Waals surface area contributed by atoms with E-state index in [1.54, 1.807) is 0 Å². The molecule has 1 aliphatic rings. The average molecular weight is 687 g/mol. The predicted octanol–water partition coefficient (Wildman–Crippen LogP) is 8.03. The van der Waals surface area contributed by atoms with Crippen LogP contribution in [0.4, 0.5) is 4.79 Å². The maximum Gasteiger partial charge on any atom is 0.410 e. The summed E-state index contributed by atoms with van der Waals surface area (Å²) in [7, 11) is 0. The van der Waals surface area contributed by atoms with Gasteiger partial charge in [-0.3, -0.25) is 14.8 Å². The quantitative estimate of drug-likeness (QED) is 0.278. The number of halogens is 2. The minimum absolute atomic E-state index is 0.223. The number of hydrogen-bond acceptors (Lipinski definition) is 5. The molecule has 2 bridgehead atoms. The van der Waals surface area contributed by atoms with Crippen molar-refractivity contribution >= 4 is 38.0 Å². The van der Waals surface area contributed by atoms with Crippen LogP contribution in [0.25, 0.3) is 0 Å². The lowest BCUT2D eigenvalue weighted by Crippen LogP contribution is -2.39. The first-order chi connectivity index (χ1) is 19.6. The first kappa shape index (κ1) is 31.7. The van der Waals surface area contributed by atoms with Gasteiger partial charge in [-0.2, -0.15) is 0 Å². The third-order valence-corrected chi connectivity index (χ3v) is 7.92. The standard InChI is InChI=1S/C33H42Br2N4O2/c1-33(2,3)41-32(40)39-18-5-4-16-37(22-26-10-6-12-28(34)20-26)24-30-14-8-15-31(36-30)25-38(17-9-19-39)23-27-11-7-13-29(35)21-27/h6-8,10-15,20-21H,4-5,9,16-19,22-25H2,1-3H3. The molecule has 2 heterocycles. The van der Waals surface area contributed by atoms with E-state index < -0.39 is 5.60 Å². The summed E-state index contributed by atoms with van der Waals surface area (Å²) in [5.74, 6) is 0. The highest BCUT2D eigenvalue weighted by Gasteiger charge is 2.22. The molecule has 0 spiro atoms. The van der Waals surface area contributed by atoms with Crippen LogP contribution >= 0.6 is 31.9 Å². The molecule has 0 N–H and O–H groups in total. The van der Waals surface area contributed by atoms with Gasteiger partial charge in [0.2, 0.25) is 0 Å². The Morgan fingerprint density at radius 1 is 0.756 bits per heavy atom. The molecule has 1 aromatic heterocycles. The van der Waals surface area contributed by atoms with Gasteiger partial charge in [0.15, 0.2) is 0 Å². The van der Waals surface area contributed by atoms with Crippen molar-refractivity contribution in [3.8, 4) is 0 Å². The number of carbonyl (C=O) groups excluding carboxylic acids is 1. The van der Waals surface area contributed by atoms with Gasteiger partial charge >= 0.3 is 6.09 Å². The van der Waals surface area contributed by atoms with Crippen LogP contribution in [0.15, 0.2) is 75.7 Å². The summed E-state index contributed by atoms with van der Waals surface area (Å²) in [5, 5.41) is 0. The Hall–Kier alpha value is -2.26. The topological polar surface area (TPSA) is 48.9 Å². The highest BCUT2D eigenvalue weighted by molar-refractivity contribution is 9.10. The molecule has 2 aromatic carbocycles. The molecule has 3 aromatic rings. The smallest absolute Gasteiger partial charge is 0.410 e. The molecule has 0 unspecified atom stereocenters. The highest BCUT2D eigenvalue weighted by atomic mass is 79.9. The number of fused-ring (bicyclic) bond motifs is 2. The number of pyridine rings is 1. The zero-order valence-electron chi connectivity index (χ0n) is 24.5. The van der Waals surface area contributed by atoms with Crippen LogP contribution in [0.1, 0.15) is 62.5 Å². The summed E-state index contributed by atoms with van der Waals surface area (Å²) in [6.45, 7) is 12.1. The summed E-state index contributed by atoms with van der Waals surface area (Å²) < 4.78 is 7.96. The fraction of sp³-hybridized carbons (Fsp3) is 0.455. The zero-order chi connectivity index (χ0) is 29.2. The highest BCUT2D eigenvalue weighted by Crippen LogP contribution is 2.19. The van der Waals surface area contributed by atoms with Gasteiger partial charge < -0.3 is 9.64 Å². The van der Waals surface area contributed by atoms with E-state index in [1.807, 2.05) is 25.7 Å². The van der Waals surface area contributed by atoms with Gasteiger partial charge in [0.1, 0.15) is 5.60 Å². The van der Waals surface area contributed by atoms with Crippen molar-refractivity contribution in [1.82, 2.24) is 19.7 Å². The Balaban J connectivity index is 1.57. The van der Waals surface area contributed by atoms with Crippen molar-refractivity contribution in [1.29, 1.82) is 0 Å². The van der Waals surface area contributed by atoms with Gasteiger partial charge in [0.05, 0.1) is 11.4 Å². The molecule has 1 amide bonds. The van der Waals surface area contributed by atoms with Crippen LogP contribution in [0, 0.1) is 0 Å². The SMILES string of the molecule is CC(C)(C)OC(=O)N1CCCCN(Cc2cccc(Br)c2)Cc2cccc(n2)CN(Cc2cccc(Br)c2)CCC1. The van der Waals surface area contributed by atoms with Crippen LogP contribution in [0.2, 0.25) is 0 Å². The molecule has 220 valence electrons. The van der Waals surface area contributed by atoms with Crippen molar-refractivity contribution in [3.05, 3.63) is 98.2 Å². The number of ether oxygens (including phenoxy) is 1. The fourth-order valence-corrected chi connectivity index (χ4v) is 6.02. The zero-order valence-corrected chi connectivity index (χ0v) is 27.7. The van der Waals surface area contributed by atoms with E-state index in [2.05, 4.69) is 108 Å². The number of aromatic nitrogens is 1. The molecule has 0 radical (unpaired) electrons. The second kappa shape index (κ2) is 15.3. The van der Waals surface area contributed by atoms with Crippen LogP contribution < -0.4 is 0 Å². The van der Waals surface area contributed by atoms with Crippen molar-refractivity contribution in [3.63, 3.8) is 0 Å². The molecule has 0 fully saturated rings. The van der Waals surface area contributed by atoms with Crippen LogP contribution in [-0.2, 0) is 30.9 Å². The van der Waals surface area contributed by atoms with Gasteiger partial charge in [-0.1, -0.05) is 62.2 Å². The van der Waals surface area contributed by atoms with Gasteiger partial charge in [0.25, 0.3) is 0 Å². The Labute approximate surface area is 262 Å². The van der Waals surface area contributed by atoms with Crippen molar-refractivity contribution in [2.24, 2.45) is 0 Å². The van der Waals surface area contributed by atoms with Crippen molar-refractivity contribution in [2.75, 3.05) is 26.2 Å². The lowest BCUT2D eigenvalue weighted by Gasteiger charge is -2.29. The maximum absolute atomic E-state index is 13.1. The predicted molar refractivity (Wildman–Crippen MR) is 172 cm³/mol. The van der Waals surface area contributed by atoms with Crippen molar-refractivity contribution < 1.29 is 9.53 Å². The minimum atomic E-state index is -0.517. The molecular weight excluding hydrogens is 644 g/mol. The molecule has 4 rings (SSSR count). The van der Waals surface area contributed by atoms with E-state index >= 15 is 0 Å². The van der Waals surface area contributed by atoms with Crippen LogP contribution in [0.3, 0.4) is 0 Å². The monoisotopic (exact) mass is 684 g/mol. The number of carbonyl (C=O) groups is 1. The Kier molecular flexibility index (Phi) is 11.8. The van der Waals surface area contributed by atoms with Crippen LogP contribution in [0.5, 0.6) is 0 Å².